The first-order valence-corrected chi connectivity index (χ1v) is 5.63. The Bertz CT molecular complexity index is 352. The van der Waals surface area contributed by atoms with E-state index in [1.807, 2.05) is 19.1 Å². The molecule has 1 aromatic carbocycles. The van der Waals surface area contributed by atoms with Gasteiger partial charge in [-0.25, -0.2) is 0 Å². The van der Waals surface area contributed by atoms with Gasteiger partial charge in [-0.05, 0) is 30.9 Å². The van der Waals surface area contributed by atoms with E-state index in [9.17, 15) is 18.3 Å². The molecule has 0 aliphatic carbocycles. The summed E-state index contributed by atoms with van der Waals surface area (Å²) in [6, 6.07) is 7.04. The molecule has 0 radical (unpaired) electrons. The van der Waals surface area contributed by atoms with Gasteiger partial charge in [0, 0.05) is 6.42 Å². The lowest BCUT2D eigenvalue weighted by molar-refractivity contribution is -0.146. The Hall–Kier alpha value is -1.03. The highest BCUT2D eigenvalue weighted by Gasteiger charge is 2.32. The molecule has 0 saturated carbocycles. The van der Waals surface area contributed by atoms with Gasteiger partial charge < -0.3 is 5.11 Å². The summed E-state index contributed by atoms with van der Waals surface area (Å²) in [5.41, 5.74) is 0.196. The molecule has 0 saturated heterocycles. The molecule has 0 fully saturated rings. The fourth-order valence-electron chi connectivity index (χ4n) is 1.63. The molecule has 0 aliphatic heterocycles. The van der Waals surface area contributed by atoms with Crippen molar-refractivity contribution < 1.29 is 18.3 Å². The number of halogens is 3. The molecule has 1 atom stereocenters. The summed E-state index contributed by atoms with van der Waals surface area (Å²) < 4.78 is 36.3. The third-order valence-electron chi connectivity index (χ3n) is 2.88. The molecule has 0 bridgehead atoms. The van der Waals surface area contributed by atoms with E-state index in [1.165, 1.54) is 6.92 Å². The largest absolute Gasteiger partial charge is 0.389 e. The quantitative estimate of drug-likeness (QED) is 0.856. The van der Waals surface area contributed by atoms with E-state index in [4.69, 9.17) is 0 Å². The summed E-state index contributed by atoms with van der Waals surface area (Å²) in [6.45, 7) is 3.41. The molecule has 4 heteroatoms. The van der Waals surface area contributed by atoms with E-state index in [0.717, 1.165) is 12.0 Å². The minimum Gasteiger partial charge on any atom is -0.385 e. The molecule has 17 heavy (non-hydrogen) atoms. The van der Waals surface area contributed by atoms with Crippen LogP contribution in [-0.2, 0) is 12.0 Å². The van der Waals surface area contributed by atoms with Gasteiger partial charge >= 0.3 is 6.18 Å². The number of aliphatic hydroxyl groups is 1. The van der Waals surface area contributed by atoms with Gasteiger partial charge in [0.05, 0.1) is 5.60 Å². The summed E-state index contributed by atoms with van der Waals surface area (Å²) in [6.07, 6.45) is -4.66. The Morgan fingerprint density at radius 3 is 2.00 bits per heavy atom. The lowest BCUT2D eigenvalue weighted by atomic mass is 9.90. The molecule has 0 amide bonds. The molecule has 1 nitrogen and oxygen atoms in total. The van der Waals surface area contributed by atoms with Crippen molar-refractivity contribution in [2.75, 3.05) is 0 Å². The predicted octanol–water partition coefficient (Wildman–Crippen LogP) is 3.80. The Morgan fingerprint density at radius 2 is 1.59 bits per heavy atom. The van der Waals surface area contributed by atoms with Gasteiger partial charge in [-0.2, -0.15) is 13.2 Å². The van der Waals surface area contributed by atoms with Crippen molar-refractivity contribution in [2.24, 2.45) is 0 Å². The highest BCUT2D eigenvalue weighted by molar-refractivity contribution is 5.26. The van der Waals surface area contributed by atoms with Crippen molar-refractivity contribution in [1.82, 2.24) is 0 Å². The number of hydrogen-bond donors (Lipinski definition) is 1. The van der Waals surface area contributed by atoms with Gasteiger partial charge in [-0.3, -0.25) is 0 Å². The smallest absolute Gasteiger partial charge is 0.385 e. The normalized spacial score (nSPS) is 15.6. The Morgan fingerprint density at radius 1 is 1.06 bits per heavy atom. The highest BCUT2D eigenvalue weighted by Crippen LogP contribution is 2.31. The lowest BCUT2D eigenvalue weighted by Gasteiger charge is -2.24. The number of alkyl halides is 3. The average molecular weight is 246 g/mol. The van der Waals surface area contributed by atoms with Gasteiger partial charge in [0.1, 0.15) is 0 Å². The van der Waals surface area contributed by atoms with Crippen molar-refractivity contribution in [2.45, 2.75) is 44.9 Å². The Balaban J connectivity index is 2.74. The third kappa shape index (κ3) is 4.38. The predicted molar refractivity (Wildman–Crippen MR) is 60.7 cm³/mol. The van der Waals surface area contributed by atoms with Crippen LogP contribution in [-0.4, -0.2) is 11.3 Å². The first-order valence-electron chi connectivity index (χ1n) is 5.63. The lowest BCUT2D eigenvalue weighted by Crippen LogP contribution is -2.24. The zero-order valence-electron chi connectivity index (χ0n) is 10.0. The maximum absolute atomic E-state index is 12.1. The van der Waals surface area contributed by atoms with E-state index in [1.54, 1.807) is 12.1 Å². The molecular formula is C13H17F3O. The second-order valence-electron chi connectivity index (χ2n) is 4.44. The monoisotopic (exact) mass is 246 g/mol. The van der Waals surface area contributed by atoms with Crippen molar-refractivity contribution in [1.29, 1.82) is 0 Å². The Kier molecular flexibility index (Phi) is 4.20. The van der Waals surface area contributed by atoms with Crippen molar-refractivity contribution in [3.05, 3.63) is 35.4 Å². The Labute approximate surface area is 99.3 Å². The first-order chi connectivity index (χ1) is 7.74. The first kappa shape index (κ1) is 14.0. The molecule has 1 N–H and O–H groups in total. The maximum atomic E-state index is 12.1. The molecule has 1 unspecified atom stereocenters. The fourth-order valence-corrected chi connectivity index (χ4v) is 1.63. The highest BCUT2D eigenvalue weighted by atomic mass is 19.4. The molecule has 96 valence electrons. The van der Waals surface area contributed by atoms with E-state index in [0.29, 0.717) is 5.56 Å². The van der Waals surface area contributed by atoms with Gasteiger partial charge in [0.15, 0.2) is 0 Å². The topological polar surface area (TPSA) is 20.2 Å². The number of hydrogen-bond acceptors (Lipinski definition) is 1. The summed E-state index contributed by atoms with van der Waals surface area (Å²) in [4.78, 5) is 0. The van der Waals surface area contributed by atoms with Crippen LogP contribution in [0, 0.1) is 0 Å². The van der Waals surface area contributed by atoms with E-state index >= 15 is 0 Å². The van der Waals surface area contributed by atoms with Crippen LogP contribution in [0.5, 0.6) is 0 Å². The summed E-state index contributed by atoms with van der Waals surface area (Å²) in [5, 5.41) is 10.0. The minimum absolute atomic E-state index is 0.317. The molecule has 1 rings (SSSR count). The van der Waals surface area contributed by atoms with E-state index in [2.05, 4.69) is 0 Å². The standard InChI is InChI=1S/C13H17F3O/c1-3-10-4-6-11(7-5-10)12(2,17)8-9-13(14,15)16/h4-7,17H,3,8-9H2,1-2H3. The van der Waals surface area contributed by atoms with Crippen LogP contribution < -0.4 is 0 Å². The van der Waals surface area contributed by atoms with Crippen LogP contribution in [0.4, 0.5) is 13.2 Å². The van der Waals surface area contributed by atoms with Crippen LogP contribution in [0.25, 0.3) is 0 Å². The molecule has 0 aliphatic rings. The van der Waals surface area contributed by atoms with Crippen molar-refractivity contribution in [3.63, 3.8) is 0 Å². The van der Waals surface area contributed by atoms with Gasteiger partial charge in [-0.15, -0.1) is 0 Å². The number of benzene rings is 1. The fraction of sp³-hybridized carbons (Fsp3) is 0.538. The van der Waals surface area contributed by atoms with Crippen LogP contribution in [0.3, 0.4) is 0 Å². The second-order valence-corrected chi connectivity index (χ2v) is 4.44. The molecule has 0 heterocycles. The summed E-state index contributed by atoms with van der Waals surface area (Å²) >= 11 is 0. The summed E-state index contributed by atoms with van der Waals surface area (Å²) in [5.74, 6) is 0. The van der Waals surface area contributed by atoms with E-state index < -0.39 is 18.2 Å². The van der Waals surface area contributed by atoms with Crippen molar-refractivity contribution in [3.8, 4) is 0 Å². The third-order valence-corrected chi connectivity index (χ3v) is 2.88. The molecule has 1 aromatic rings. The second kappa shape index (κ2) is 5.08. The summed E-state index contributed by atoms with van der Waals surface area (Å²) in [7, 11) is 0. The van der Waals surface area contributed by atoms with E-state index in [-0.39, 0.29) is 6.42 Å². The van der Waals surface area contributed by atoms with Gasteiger partial charge in [0.2, 0.25) is 0 Å². The minimum atomic E-state index is -4.23. The maximum Gasteiger partial charge on any atom is 0.389 e. The van der Waals surface area contributed by atoms with Crippen LogP contribution >= 0.6 is 0 Å². The molecule has 0 spiro atoms. The van der Waals surface area contributed by atoms with Crippen LogP contribution in [0.15, 0.2) is 24.3 Å². The molecule has 0 aromatic heterocycles. The number of aryl methyl sites for hydroxylation is 1. The SMILES string of the molecule is CCc1ccc(C(C)(O)CCC(F)(F)F)cc1. The van der Waals surface area contributed by atoms with Crippen LogP contribution in [0.1, 0.15) is 37.8 Å². The molecular weight excluding hydrogens is 229 g/mol. The van der Waals surface area contributed by atoms with Crippen molar-refractivity contribution >= 4 is 0 Å². The zero-order chi connectivity index (χ0) is 13.1. The zero-order valence-corrected chi connectivity index (χ0v) is 10.0. The number of rotatable bonds is 4. The average Bonchev–Trinajstić information content (AvgIpc) is 2.26. The van der Waals surface area contributed by atoms with Gasteiger partial charge in [0.25, 0.3) is 0 Å². The van der Waals surface area contributed by atoms with Gasteiger partial charge in [-0.1, -0.05) is 31.2 Å². The van der Waals surface area contributed by atoms with Crippen LogP contribution in [0.2, 0.25) is 0 Å².